The van der Waals surface area contributed by atoms with Gasteiger partial charge in [-0.3, -0.25) is 4.79 Å². The number of hydrogen-bond donors (Lipinski definition) is 1. The van der Waals surface area contributed by atoms with E-state index in [4.69, 9.17) is 16.9 Å². The molecule has 0 aliphatic heterocycles. The third-order valence-corrected chi connectivity index (χ3v) is 2.81. The van der Waals surface area contributed by atoms with Crippen molar-refractivity contribution < 1.29 is 9.18 Å². The predicted molar refractivity (Wildman–Crippen MR) is 63.2 cm³/mol. The summed E-state index contributed by atoms with van der Waals surface area (Å²) in [6, 6.07) is 5.69. The molecule has 0 spiro atoms. The molecule has 0 aliphatic carbocycles. The van der Waals surface area contributed by atoms with E-state index in [1.54, 1.807) is 13.8 Å². The molecule has 1 atom stereocenters. The van der Waals surface area contributed by atoms with Crippen LogP contribution < -0.4 is 5.32 Å². The van der Waals surface area contributed by atoms with E-state index in [9.17, 15) is 9.18 Å². The van der Waals surface area contributed by atoms with Gasteiger partial charge >= 0.3 is 0 Å². The zero-order valence-electron chi connectivity index (χ0n) is 9.55. The number of benzene rings is 1. The van der Waals surface area contributed by atoms with Gasteiger partial charge in [-0.2, -0.15) is 5.26 Å². The van der Waals surface area contributed by atoms with Crippen LogP contribution >= 0.6 is 11.6 Å². The molecular weight excluding hydrogens is 243 g/mol. The van der Waals surface area contributed by atoms with E-state index in [2.05, 4.69) is 5.32 Å². The van der Waals surface area contributed by atoms with E-state index in [1.807, 2.05) is 6.07 Å². The predicted octanol–water partition coefficient (Wildman–Crippen LogP) is 2.90. The van der Waals surface area contributed by atoms with Gasteiger partial charge in [0.1, 0.15) is 11.4 Å². The van der Waals surface area contributed by atoms with Crippen molar-refractivity contribution in [3.8, 4) is 6.07 Å². The molecule has 17 heavy (non-hydrogen) atoms. The molecule has 0 aliphatic rings. The fourth-order valence-electron chi connectivity index (χ4n) is 1.16. The summed E-state index contributed by atoms with van der Waals surface area (Å²) in [6.45, 7) is 3.41. The number of halogens is 2. The van der Waals surface area contributed by atoms with Gasteiger partial charge < -0.3 is 5.32 Å². The van der Waals surface area contributed by atoms with Gasteiger partial charge in [-0.05, 0) is 31.5 Å². The van der Waals surface area contributed by atoms with Crippen LogP contribution in [0.4, 0.5) is 4.39 Å². The fourth-order valence-corrected chi connectivity index (χ4v) is 1.34. The Hall–Kier alpha value is -1.60. The van der Waals surface area contributed by atoms with Gasteiger partial charge in [0.05, 0.1) is 11.1 Å². The summed E-state index contributed by atoms with van der Waals surface area (Å²) < 4.78 is 12.9. The summed E-state index contributed by atoms with van der Waals surface area (Å²) in [5.74, 6) is -1.03. The second-order valence-electron chi connectivity index (χ2n) is 3.88. The zero-order valence-corrected chi connectivity index (χ0v) is 10.3. The fraction of sp³-hybridized carbons (Fsp3) is 0.333. The minimum Gasteiger partial charge on any atom is -0.334 e. The van der Waals surface area contributed by atoms with Gasteiger partial charge in [-0.15, -0.1) is 0 Å². The van der Waals surface area contributed by atoms with Crippen LogP contribution in [0, 0.1) is 17.1 Å². The van der Waals surface area contributed by atoms with Gasteiger partial charge in [-0.1, -0.05) is 18.5 Å². The highest BCUT2D eigenvalue weighted by Crippen LogP contribution is 2.17. The number of rotatable bonds is 3. The van der Waals surface area contributed by atoms with Crippen molar-refractivity contribution in [2.45, 2.75) is 25.8 Å². The molecule has 0 saturated heterocycles. The maximum absolute atomic E-state index is 12.9. The van der Waals surface area contributed by atoms with E-state index in [-0.39, 0.29) is 10.6 Å². The van der Waals surface area contributed by atoms with Gasteiger partial charge in [0.25, 0.3) is 5.91 Å². The standard InChI is InChI=1S/C12H12ClFN2O/c1-3-12(2,7-15)16-11(17)8-4-5-10(14)9(13)6-8/h4-6H,3H2,1-2H3,(H,16,17). The molecule has 0 fully saturated rings. The number of nitrogens with zero attached hydrogens (tertiary/aromatic N) is 1. The third kappa shape index (κ3) is 3.18. The summed E-state index contributed by atoms with van der Waals surface area (Å²) in [5.41, 5.74) is -0.705. The van der Waals surface area contributed by atoms with Crippen LogP contribution in [0.2, 0.25) is 5.02 Å². The molecule has 0 heterocycles. The SMILES string of the molecule is CCC(C)(C#N)NC(=O)c1ccc(F)c(Cl)c1. The number of nitrogens with one attached hydrogen (secondary N) is 1. The lowest BCUT2D eigenvalue weighted by Crippen LogP contribution is -2.44. The van der Waals surface area contributed by atoms with E-state index < -0.39 is 17.3 Å². The van der Waals surface area contributed by atoms with Crippen LogP contribution in [-0.2, 0) is 0 Å². The second-order valence-corrected chi connectivity index (χ2v) is 4.29. The molecule has 5 heteroatoms. The van der Waals surface area contributed by atoms with Crippen LogP contribution in [-0.4, -0.2) is 11.4 Å². The van der Waals surface area contributed by atoms with Gasteiger partial charge in [0.15, 0.2) is 0 Å². The Morgan fingerprint density at radius 2 is 2.29 bits per heavy atom. The lowest BCUT2D eigenvalue weighted by molar-refractivity contribution is 0.0923. The van der Waals surface area contributed by atoms with Crippen molar-refractivity contribution in [2.24, 2.45) is 0 Å². The quantitative estimate of drug-likeness (QED) is 0.902. The van der Waals surface area contributed by atoms with Gasteiger partial charge in [0.2, 0.25) is 0 Å². The van der Waals surface area contributed by atoms with Crippen molar-refractivity contribution >= 4 is 17.5 Å². The molecule has 3 nitrogen and oxygen atoms in total. The lowest BCUT2D eigenvalue weighted by Gasteiger charge is -2.21. The van der Waals surface area contributed by atoms with E-state index >= 15 is 0 Å². The number of nitriles is 1. The van der Waals surface area contributed by atoms with Crippen molar-refractivity contribution in [3.05, 3.63) is 34.6 Å². The van der Waals surface area contributed by atoms with Gasteiger partial charge in [0, 0.05) is 5.56 Å². The van der Waals surface area contributed by atoms with Gasteiger partial charge in [-0.25, -0.2) is 4.39 Å². The van der Waals surface area contributed by atoms with E-state index in [1.165, 1.54) is 12.1 Å². The molecule has 0 saturated carbocycles. The van der Waals surface area contributed by atoms with Crippen LogP contribution in [0.1, 0.15) is 30.6 Å². The highest BCUT2D eigenvalue weighted by molar-refractivity contribution is 6.31. The normalized spacial score (nSPS) is 13.6. The first-order chi connectivity index (χ1) is 7.91. The molecule has 1 N–H and O–H groups in total. The lowest BCUT2D eigenvalue weighted by atomic mass is 10.0. The highest BCUT2D eigenvalue weighted by atomic mass is 35.5. The molecule has 1 aromatic rings. The first-order valence-corrected chi connectivity index (χ1v) is 5.48. The molecule has 1 unspecified atom stereocenters. The molecule has 90 valence electrons. The van der Waals surface area contributed by atoms with Crippen molar-refractivity contribution in [2.75, 3.05) is 0 Å². The molecular formula is C12H12ClFN2O. The van der Waals surface area contributed by atoms with E-state index in [0.717, 1.165) is 6.07 Å². The summed E-state index contributed by atoms with van der Waals surface area (Å²) in [7, 11) is 0. The number of hydrogen-bond acceptors (Lipinski definition) is 2. The Bertz CT molecular complexity index is 484. The summed E-state index contributed by atoms with van der Waals surface area (Å²) in [4.78, 5) is 11.8. The first-order valence-electron chi connectivity index (χ1n) is 5.10. The second kappa shape index (κ2) is 5.15. The number of carbonyl (C=O) groups is 1. The molecule has 1 rings (SSSR count). The summed E-state index contributed by atoms with van der Waals surface area (Å²) in [6.07, 6.45) is 0.476. The third-order valence-electron chi connectivity index (χ3n) is 2.53. The average molecular weight is 255 g/mol. The molecule has 0 bridgehead atoms. The smallest absolute Gasteiger partial charge is 0.252 e. The number of carbonyl (C=O) groups excluding carboxylic acids is 1. The first kappa shape index (κ1) is 13.5. The van der Waals surface area contributed by atoms with Crippen LogP contribution in [0.3, 0.4) is 0 Å². The molecule has 0 aromatic heterocycles. The highest BCUT2D eigenvalue weighted by Gasteiger charge is 2.24. The minimum absolute atomic E-state index is 0.118. The maximum atomic E-state index is 12.9. The van der Waals surface area contributed by atoms with Crippen molar-refractivity contribution in [3.63, 3.8) is 0 Å². The summed E-state index contributed by atoms with van der Waals surface area (Å²) in [5, 5.41) is 11.4. The Kier molecular flexibility index (Phi) is 4.08. The van der Waals surface area contributed by atoms with Crippen LogP contribution in [0.15, 0.2) is 18.2 Å². The summed E-state index contributed by atoms with van der Waals surface area (Å²) >= 11 is 5.58. The van der Waals surface area contributed by atoms with Crippen molar-refractivity contribution in [1.82, 2.24) is 5.32 Å². The Balaban J connectivity index is 2.91. The van der Waals surface area contributed by atoms with Crippen molar-refractivity contribution in [1.29, 1.82) is 5.26 Å². The molecule has 1 amide bonds. The molecule has 1 aromatic carbocycles. The zero-order chi connectivity index (χ0) is 13.1. The Morgan fingerprint density at radius 3 is 2.76 bits per heavy atom. The Labute approximate surface area is 104 Å². The topological polar surface area (TPSA) is 52.9 Å². The maximum Gasteiger partial charge on any atom is 0.252 e. The van der Waals surface area contributed by atoms with E-state index in [0.29, 0.717) is 6.42 Å². The largest absolute Gasteiger partial charge is 0.334 e. The van der Waals surface area contributed by atoms with Crippen LogP contribution in [0.25, 0.3) is 0 Å². The number of amides is 1. The van der Waals surface area contributed by atoms with Crippen LogP contribution in [0.5, 0.6) is 0 Å². The molecule has 0 radical (unpaired) electrons. The monoisotopic (exact) mass is 254 g/mol. The Morgan fingerprint density at radius 1 is 1.65 bits per heavy atom. The minimum atomic E-state index is -0.933. The average Bonchev–Trinajstić information content (AvgIpc) is 2.32.